The SMILES string of the molecule is CCC(CC)(CN)NC(=O)C(C)NS(=O)(=O)c1c(C)nn(C)c1C. The Morgan fingerprint density at radius 2 is 1.88 bits per heavy atom. The molecule has 0 bridgehead atoms. The van der Waals surface area contributed by atoms with Crippen LogP contribution in [0.5, 0.6) is 0 Å². The topological polar surface area (TPSA) is 119 Å². The van der Waals surface area contributed by atoms with Gasteiger partial charge in [-0.2, -0.15) is 9.82 Å². The van der Waals surface area contributed by atoms with Gasteiger partial charge in [-0.15, -0.1) is 0 Å². The minimum Gasteiger partial charge on any atom is -0.348 e. The molecule has 1 rings (SSSR count). The number of sulfonamides is 1. The highest BCUT2D eigenvalue weighted by molar-refractivity contribution is 7.89. The van der Waals surface area contributed by atoms with Gasteiger partial charge in [-0.1, -0.05) is 13.8 Å². The number of nitrogens with zero attached hydrogens (tertiary/aromatic N) is 2. The first-order chi connectivity index (χ1) is 11.0. The third-order valence-electron chi connectivity index (χ3n) is 4.57. The van der Waals surface area contributed by atoms with E-state index in [2.05, 4.69) is 15.1 Å². The Hall–Kier alpha value is -1.45. The van der Waals surface area contributed by atoms with E-state index in [0.29, 0.717) is 30.8 Å². The van der Waals surface area contributed by atoms with E-state index in [-0.39, 0.29) is 4.90 Å². The lowest BCUT2D eigenvalue weighted by Crippen LogP contribution is -2.57. The Morgan fingerprint density at radius 1 is 1.33 bits per heavy atom. The first kappa shape index (κ1) is 20.6. The fourth-order valence-corrected chi connectivity index (χ4v) is 4.27. The Balaban J connectivity index is 2.97. The molecule has 1 aromatic rings. The molecule has 0 radical (unpaired) electrons. The monoisotopic (exact) mass is 359 g/mol. The normalized spacial score (nSPS) is 13.8. The molecule has 0 spiro atoms. The van der Waals surface area contributed by atoms with Crippen molar-refractivity contribution in [3.05, 3.63) is 11.4 Å². The fourth-order valence-electron chi connectivity index (χ4n) is 2.62. The van der Waals surface area contributed by atoms with Crippen LogP contribution < -0.4 is 15.8 Å². The molecule has 0 aliphatic rings. The quantitative estimate of drug-likeness (QED) is 0.618. The molecule has 0 fully saturated rings. The van der Waals surface area contributed by atoms with Crippen molar-refractivity contribution in [2.75, 3.05) is 6.54 Å². The summed E-state index contributed by atoms with van der Waals surface area (Å²) in [6.45, 7) is 8.99. The van der Waals surface area contributed by atoms with E-state index in [9.17, 15) is 13.2 Å². The number of nitrogens with two attached hydrogens (primary N) is 1. The molecular weight excluding hydrogens is 330 g/mol. The zero-order valence-corrected chi connectivity index (χ0v) is 16.1. The molecule has 0 aliphatic heterocycles. The maximum atomic E-state index is 12.6. The molecule has 1 unspecified atom stereocenters. The zero-order valence-electron chi connectivity index (χ0n) is 15.3. The second kappa shape index (κ2) is 7.62. The van der Waals surface area contributed by atoms with Gasteiger partial charge in [-0.25, -0.2) is 8.42 Å². The van der Waals surface area contributed by atoms with E-state index < -0.39 is 27.5 Å². The maximum Gasteiger partial charge on any atom is 0.244 e. The van der Waals surface area contributed by atoms with E-state index in [0.717, 1.165) is 0 Å². The van der Waals surface area contributed by atoms with Gasteiger partial charge in [0, 0.05) is 13.6 Å². The lowest BCUT2D eigenvalue weighted by atomic mass is 9.92. The predicted octanol–water partition coefficient (Wildman–Crippen LogP) is 0.337. The highest BCUT2D eigenvalue weighted by Gasteiger charge is 2.31. The lowest BCUT2D eigenvalue weighted by Gasteiger charge is -2.32. The van der Waals surface area contributed by atoms with Gasteiger partial charge in [0.2, 0.25) is 15.9 Å². The Kier molecular flexibility index (Phi) is 6.54. The van der Waals surface area contributed by atoms with Crippen LogP contribution in [0.1, 0.15) is 45.0 Å². The number of carbonyl (C=O) groups excluding carboxylic acids is 1. The third-order valence-corrected chi connectivity index (χ3v) is 6.36. The molecule has 9 heteroatoms. The van der Waals surface area contributed by atoms with Crippen LogP contribution in [0, 0.1) is 13.8 Å². The third kappa shape index (κ3) is 4.14. The highest BCUT2D eigenvalue weighted by atomic mass is 32.2. The van der Waals surface area contributed by atoms with Crippen LogP contribution in [0.2, 0.25) is 0 Å². The molecule has 0 saturated carbocycles. The summed E-state index contributed by atoms with van der Waals surface area (Å²) in [6, 6.07) is -0.918. The maximum absolute atomic E-state index is 12.6. The molecule has 1 heterocycles. The summed E-state index contributed by atoms with van der Waals surface area (Å²) in [5, 5.41) is 6.98. The number of carbonyl (C=O) groups is 1. The van der Waals surface area contributed by atoms with Gasteiger partial charge in [0.05, 0.1) is 23.0 Å². The second-order valence-corrected chi connectivity index (χ2v) is 7.80. The Labute approximate surface area is 144 Å². The molecule has 8 nitrogen and oxygen atoms in total. The summed E-state index contributed by atoms with van der Waals surface area (Å²) in [4.78, 5) is 12.5. The van der Waals surface area contributed by atoms with Crippen molar-refractivity contribution < 1.29 is 13.2 Å². The van der Waals surface area contributed by atoms with Crippen LogP contribution in [0.3, 0.4) is 0 Å². The molecule has 24 heavy (non-hydrogen) atoms. The van der Waals surface area contributed by atoms with Gasteiger partial charge in [-0.05, 0) is 33.6 Å². The van der Waals surface area contributed by atoms with Crippen LogP contribution in [-0.4, -0.2) is 42.2 Å². The number of rotatable bonds is 8. The molecule has 1 aromatic heterocycles. The molecule has 0 aliphatic carbocycles. The van der Waals surface area contributed by atoms with E-state index in [1.165, 1.54) is 11.6 Å². The highest BCUT2D eigenvalue weighted by Crippen LogP contribution is 2.19. The van der Waals surface area contributed by atoms with Crippen molar-refractivity contribution in [3.8, 4) is 0 Å². The number of aryl methyl sites for hydroxylation is 2. The minimum absolute atomic E-state index is 0.112. The van der Waals surface area contributed by atoms with Crippen LogP contribution >= 0.6 is 0 Å². The van der Waals surface area contributed by atoms with Gasteiger partial charge in [0.15, 0.2) is 0 Å². The molecule has 0 aromatic carbocycles. The first-order valence-corrected chi connectivity index (χ1v) is 9.56. The number of aromatic nitrogens is 2. The largest absolute Gasteiger partial charge is 0.348 e. The predicted molar refractivity (Wildman–Crippen MR) is 93.0 cm³/mol. The van der Waals surface area contributed by atoms with Crippen LogP contribution in [-0.2, 0) is 21.9 Å². The van der Waals surface area contributed by atoms with Gasteiger partial charge in [-0.3, -0.25) is 9.48 Å². The summed E-state index contributed by atoms with van der Waals surface area (Å²) < 4.78 is 29.1. The van der Waals surface area contributed by atoms with E-state index in [1.807, 2.05) is 13.8 Å². The lowest BCUT2D eigenvalue weighted by molar-refractivity contribution is -0.124. The van der Waals surface area contributed by atoms with Crippen LogP contribution in [0.25, 0.3) is 0 Å². The van der Waals surface area contributed by atoms with E-state index in [1.54, 1.807) is 20.9 Å². The summed E-state index contributed by atoms with van der Waals surface area (Å²) in [5.74, 6) is -0.396. The van der Waals surface area contributed by atoms with Crippen LogP contribution in [0.15, 0.2) is 4.90 Å². The van der Waals surface area contributed by atoms with E-state index in [4.69, 9.17) is 5.73 Å². The minimum atomic E-state index is -3.85. The van der Waals surface area contributed by atoms with E-state index >= 15 is 0 Å². The van der Waals surface area contributed by atoms with Crippen molar-refractivity contribution in [2.45, 2.75) is 63.9 Å². The number of hydrogen-bond acceptors (Lipinski definition) is 5. The standard InChI is InChI=1S/C15H29N5O3S/c1-7-15(8-2,9-16)17-14(21)11(4)19-24(22,23)13-10(3)18-20(6)12(13)5/h11,19H,7-9,16H2,1-6H3,(H,17,21). The average molecular weight is 359 g/mol. The number of amides is 1. The number of nitrogens with one attached hydrogen (secondary N) is 2. The summed E-state index contributed by atoms with van der Waals surface area (Å²) in [5.41, 5.74) is 6.17. The van der Waals surface area contributed by atoms with Crippen molar-refractivity contribution in [1.29, 1.82) is 0 Å². The van der Waals surface area contributed by atoms with Crippen molar-refractivity contribution in [2.24, 2.45) is 12.8 Å². The molecule has 1 atom stereocenters. The summed E-state index contributed by atoms with van der Waals surface area (Å²) in [6.07, 6.45) is 1.35. The fraction of sp³-hybridized carbons (Fsp3) is 0.733. The van der Waals surface area contributed by atoms with Gasteiger partial charge in [0.25, 0.3) is 0 Å². The van der Waals surface area contributed by atoms with Crippen molar-refractivity contribution in [3.63, 3.8) is 0 Å². The molecule has 138 valence electrons. The first-order valence-electron chi connectivity index (χ1n) is 8.08. The Bertz CT molecular complexity index is 684. The molecular formula is C15H29N5O3S. The van der Waals surface area contributed by atoms with Crippen LogP contribution in [0.4, 0.5) is 0 Å². The Morgan fingerprint density at radius 3 is 2.25 bits per heavy atom. The number of hydrogen-bond donors (Lipinski definition) is 3. The molecule has 1 amide bonds. The average Bonchev–Trinajstić information content (AvgIpc) is 2.77. The van der Waals surface area contributed by atoms with Crippen molar-refractivity contribution >= 4 is 15.9 Å². The van der Waals surface area contributed by atoms with Gasteiger partial charge >= 0.3 is 0 Å². The van der Waals surface area contributed by atoms with Gasteiger partial charge < -0.3 is 11.1 Å². The molecule has 4 N–H and O–H groups in total. The smallest absolute Gasteiger partial charge is 0.244 e. The summed E-state index contributed by atoms with van der Waals surface area (Å²) >= 11 is 0. The second-order valence-electron chi connectivity index (χ2n) is 6.15. The van der Waals surface area contributed by atoms with Gasteiger partial charge in [0.1, 0.15) is 4.90 Å². The van der Waals surface area contributed by atoms with Crippen molar-refractivity contribution in [1.82, 2.24) is 19.8 Å². The summed E-state index contributed by atoms with van der Waals surface area (Å²) in [7, 11) is -2.17. The molecule has 0 saturated heterocycles. The zero-order chi connectivity index (χ0) is 18.7.